The van der Waals surface area contributed by atoms with Gasteiger partial charge in [0.05, 0.1) is 12.3 Å². The molecule has 2 aromatic carbocycles. The van der Waals surface area contributed by atoms with Crippen LogP contribution in [0.4, 0.5) is 5.69 Å². The molecule has 6 heteroatoms. The van der Waals surface area contributed by atoms with Gasteiger partial charge in [0, 0.05) is 35.8 Å². The number of thioether (sulfide) groups is 1. The van der Waals surface area contributed by atoms with Crippen LogP contribution in [0.15, 0.2) is 71.5 Å². The molecule has 0 N–H and O–H groups in total. The van der Waals surface area contributed by atoms with Gasteiger partial charge in [-0.3, -0.25) is 4.79 Å². The summed E-state index contributed by atoms with van der Waals surface area (Å²) in [6.07, 6.45) is 4.15. The minimum absolute atomic E-state index is 0.0972. The van der Waals surface area contributed by atoms with Gasteiger partial charge in [0.2, 0.25) is 0 Å². The number of aromatic nitrogens is 3. The lowest BCUT2D eigenvalue weighted by Gasteiger charge is -2.23. The fraction of sp³-hybridized carbons (Fsp3) is 0.346. The number of likely N-dealkylation sites (N-methyl/N-ethyl adjacent to an activating group) is 1. The molecule has 32 heavy (non-hydrogen) atoms. The first-order chi connectivity index (χ1) is 15.4. The minimum atomic E-state index is -0.196. The van der Waals surface area contributed by atoms with Crippen molar-refractivity contribution in [2.75, 3.05) is 17.7 Å². The lowest BCUT2D eigenvalue weighted by Crippen LogP contribution is -2.24. The van der Waals surface area contributed by atoms with Gasteiger partial charge >= 0.3 is 0 Å². The van der Waals surface area contributed by atoms with E-state index in [0.29, 0.717) is 11.7 Å². The largest absolute Gasteiger partial charge is 0.347 e. The van der Waals surface area contributed by atoms with Crippen LogP contribution in [0, 0.1) is 0 Å². The molecule has 5 rings (SSSR count). The first-order valence-corrected chi connectivity index (χ1v) is 12.1. The third-order valence-electron chi connectivity index (χ3n) is 6.45. The summed E-state index contributed by atoms with van der Waals surface area (Å²) < 4.78 is 2.19. The van der Waals surface area contributed by atoms with Gasteiger partial charge in [0.15, 0.2) is 10.9 Å². The molecule has 0 saturated heterocycles. The molecule has 5 nitrogen and oxygen atoms in total. The monoisotopic (exact) mass is 444 g/mol. The van der Waals surface area contributed by atoms with Gasteiger partial charge in [0.1, 0.15) is 5.82 Å². The summed E-state index contributed by atoms with van der Waals surface area (Å²) in [5, 5.41) is 9.74. The van der Waals surface area contributed by atoms with E-state index < -0.39 is 0 Å². The van der Waals surface area contributed by atoms with Crippen LogP contribution in [0.2, 0.25) is 0 Å². The zero-order valence-electron chi connectivity index (χ0n) is 18.8. The van der Waals surface area contributed by atoms with Crippen LogP contribution in [0.5, 0.6) is 0 Å². The second kappa shape index (κ2) is 8.24. The second-order valence-corrected chi connectivity index (χ2v) is 10.1. The number of benzene rings is 2. The summed E-state index contributed by atoms with van der Waals surface area (Å²) >= 11 is 1.49. The molecule has 2 aliphatic rings. The number of fused-ring (bicyclic) bond motifs is 1. The Hall–Kier alpha value is -2.86. The molecule has 1 aromatic heterocycles. The van der Waals surface area contributed by atoms with E-state index in [1.54, 1.807) is 0 Å². The number of allylic oxidation sites excluding steroid dienone is 2. The Kier molecular flexibility index (Phi) is 5.41. The number of carbonyl (C=O) groups excluding carboxylic acids is 1. The maximum Gasteiger partial charge on any atom is 0.191 e. The van der Waals surface area contributed by atoms with Crippen molar-refractivity contribution in [3.63, 3.8) is 0 Å². The maximum atomic E-state index is 13.0. The molecule has 0 radical (unpaired) electrons. The second-order valence-electron chi connectivity index (χ2n) is 9.17. The summed E-state index contributed by atoms with van der Waals surface area (Å²) in [5.74, 6) is 2.00. The SMILES string of the molecule is CN1/C(=C\C(=O)CSc2nnc(C3CC3)n2Cc2ccccc2)C(C)(C)c2ccccc21. The molecule has 2 heterocycles. The van der Waals surface area contributed by atoms with Gasteiger partial charge < -0.3 is 9.47 Å². The van der Waals surface area contributed by atoms with E-state index in [1.165, 1.54) is 41.4 Å². The normalized spacial score (nSPS) is 18.2. The highest BCUT2D eigenvalue weighted by Gasteiger charge is 2.38. The Labute approximate surface area is 193 Å². The Balaban J connectivity index is 1.34. The van der Waals surface area contributed by atoms with Crippen molar-refractivity contribution in [2.45, 2.75) is 49.7 Å². The summed E-state index contributed by atoms with van der Waals surface area (Å²) in [7, 11) is 2.04. The molecule has 0 bridgehead atoms. The van der Waals surface area contributed by atoms with E-state index in [9.17, 15) is 4.79 Å². The van der Waals surface area contributed by atoms with Gasteiger partial charge in [-0.25, -0.2) is 0 Å². The number of carbonyl (C=O) groups is 1. The van der Waals surface area contributed by atoms with E-state index in [0.717, 1.165) is 23.2 Å². The lowest BCUT2D eigenvalue weighted by atomic mass is 9.83. The molecule has 0 unspecified atom stereocenters. The van der Waals surface area contributed by atoms with Crippen molar-refractivity contribution in [3.05, 3.63) is 83.3 Å². The van der Waals surface area contributed by atoms with Gasteiger partial charge in [-0.1, -0.05) is 74.1 Å². The quantitative estimate of drug-likeness (QED) is 0.371. The predicted molar refractivity (Wildman–Crippen MR) is 129 cm³/mol. The van der Waals surface area contributed by atoms with Crippen molar-refractivity contribution in [2.24, 2.45) is 0 Å². The number of hydrogen-bond acceptors (Lipinski definition) is 5. The van der Waals surface area contributed by atoms with Crippen molar-refractivity contribution in [3.8, 4) is 0 Å². The third kappa shape index (κ3) is 3.88. The Morgan fingerprint density at radius 2 is 1.81 bits per heavy atom. The molecular formula is C26H28N4OS. The summed E-state index contributed by atoms with van der Waals surface area (Å²) in [5.41, 5.74) is 4.48. The number of hydrogen-bond donors (Lipinski definition) is 0. The maximum absolute atomic E-state index is 13.0. The van der Waals surface area contributed by atoms with Crippen LogP contribution in [0.1, 0.15) is 49.6 Å². The number of ketones is 1. The van der Waals surface area contributed by atoms with E-state index in [1.807, 2.05) is 25.3 Å². The van der Waals surface area contributed by atoms with Gasteiger partial charge in [0.25, 0.3) is 0 Å². The van der Waals surface area contributed by atoms with Crippen molar-refractivity contribution in [1.29, 1.82) is 0 Å². The molecule has 1 aliphatic heterocycles. The summed E-state index contributed by atoms with van der Waals surface area (Å²) in [4.78, 5) is 15.1. The third-order valence-corrected chi connectivity index (χ3v) is 7.44. The molecular weight excluding hydrogens is 416 g/mol. The average molecular weight is 445 g/mol. The van der Waals surface area contributed by atoms with Gasteiger partial charge in [-0.2, -0.15) is 0 Å². The highest BCUT2D eigenvalue weighted by molar-refractivity contribution is 7.99. The van der Waals surface area contributed by atoms with Crippen LogP contribution < -0.4 is 4.90 Å². The van der Waals surface area contributed by atoms with E-state index >= 15 is 0 Å². The first-order valence-electron chi connectivity index (χ1n) is 11.1. The minimum Gasteiger partial charge on any atom is -0.347 e. The molecule has 1 fully saturated rings. The Bertz CT molecular complexity index is 1180. The molecule has 0 spiro atoms. The van der Waals surface area contributed by atoms with Crippen LogP contribution >= 0.6 is 11.8 Å². The smallest absolute Gasteiger partial charge is 0.191 e. The molecule has 0 atom stereocenters. The molecule has 3 aromatic rings. The molecule has 1 saturated carbocycles. The summed E-state index contributed by atoms with van der Waals surface area (Å²) in [6, 6.07) is 18.7. The van der Waals surface area contributed by atoms with Crippen LogP contribution in [-0.4, -0.2) is 33.3 Å². The highest BCUT2D eigenvalue weighted by atomic mass is 32.2. The summed E-state index contributed by atoms with van der Waals surface area (Å²) in [6.45, 7) is 5.10. The molecule has 1 aliphatic carbocycles. The Morgan fingerprint density at radius 3 is 2.53 bits per heavy atom. The fourth-order valence-corrected chi connectivity index (χ4v) is 5.32. The zero-order valence-corrected chi connectivity index (χ0v) is 19.6. The standard InChI is InChI=1S/C26H28N4OS/c1-26(2)21-11-7-8-12-22(21)29(3)23(26)15-20(31)17-32-25-28-27-24(19-13-14-19)30(25)16-18-9-5-4-6-10-18/h4-12,15,19H,13-14,16-17H2,1-3H3/b23-15-. The van der Waals surface area contributed by atoms with Gasteiger partial charge in [-0.05, 0) is 30.0 Å². The highest BCUT2D eigenvalue weighted by Crippen LogP contribution is 2.46. The van der Waals surface area contributed by atoms with Crippen LogP contribution in [0.25, 0.3) is 0 Å². The van der Waals surface area contributed by atoms with Crippen molar-refractivity contribution in [1.82, 2.24) is 14.8 Å². The fourth-order valence-electron chi connectivity index (χ4n) is 4.55. The Morgan fingerprint density at radius 1 is 1.09 bits per heavy atom. The van der Waals surface area contributed by atoms with Gasteiger partial charge in [-0.15, -0.1) is 10.2 Å². The molecule has 0 amide bonds. The number of para-hydroxylation sites is 1. The number of rotatable bonds is 7. The zero-order chi connectivity index (χ0) is 22.3. The van der Waals surface area contributed by atoms with Crippen molar-refractivity contribution < 1.29 is 4.79 Å². The average Bonchev–Trinajstić information content (AvgIpc) is 3.54. The van der Waals surface area contributed by atoms with E-state index in [2.05, 4.69) is 76.0 Å². The van der Waals surface area contributed by atoms with E-state index in [4.69, 9.17) is 0 Å². The van der Waals surface area contributed by atoms with Crippen LogP contribution in [-0.2, 0) is 16.8 Å². The topological polar surface area (TPSA) is 51.0 Å². The number of nitrogens with zero attached hydrogens (tertiary/aromatic N) is 4. The molecule has 164 valence electrons. The predicted octanol–water partition coefficient (Wildman–Crippen LogP) is 5.18. The van der Waals surface area contributed by atoms with Crippen LogP contribution in [0.3, 0.4) is 0 Å². The van der Waals surface area contributed by atoms with E-state index in [-0.39, 0.29) is 11.2 Å². The first kappa shape index (κ1) is 21.0. The van der Waals surface area contributed by atoms with Crippen molar-refractivity contribution >= 4 is 23.2 Å². The lowest BCUT2D eigenvalue weighted by molar-refractivity contribution is -0.112. The number of anilines is 1.